The first-order valence-electron chi connectivity index (χ1n) is 22.8. The fourth-order valence-electron chi connectivity index (χ4n) is 9.09. The van der Waals surface area contributed by atoms with Crippen LogP contribution in [0.25, 0.3) is 0 Å². The standard InChI is InChI=1S/C13H16O3.C8H10O3.C3H4O3.3C3H8.6C2H6/c14-13-15-11-7-4-8(12(11)16-13)10-6-2-1-5(3-6)9(7)10;9-8-10-6-4-1-2-5(3-4)7(6)11-8;4-3-5-1-2-6-3;3*1-3-2;6*1-2/h5-12H,1-4H2;4-7H,1-3H2;1-2H2;3*3H2,1-2H3;6*1-2H3. The minimum Gasteiger partial charge on any atom is -0.431 e. The molecule has 0 spiro atoms. The fourth-order valence-corrected chi connectivity index (χ4v) is 9.09. The Kier molecular flexibility index (Phi) is 35.4. The highest BCUT2D eigenvalue weighted by Crippen LogP contribution is 2.69. The van der Waals surface area contributed by atoms with Crippen LogP contribution in [-0.2, 0) is 28.4 Å². The van der Waals surface area contributed by atoms with Gasteiger partial charge in [0.25, 0.3) is 0 Å². The van der Waals surface area contributed by atoms with Crippen molar-refractivity contribution >= 4 is 18.5 Å². The minimum atomic E-state index is -0.546. The van der Waals surface area contributed by atoms with Crippen LogP contribution in [0, 0.1) is 47.3 Å². The topological polar surface area (TPSA) is 107 Å². The summed E-state index contributed by atoms with van der Waals surface area (Å²) in [5.41, 5.74) is 0. The molecular formula is C45H90O9. The van der Waals surface area contributed by atoms with Crippen LogP contribution in [0.2, 0.25) is 0 Å². The first kappa shape index (κ1) is 56.1. The molecule has 54 heavy (non-hydrogen) atoms. The zero-order valence-corrected chi connectivity index (χ0v) is 38.6. The number of carbonyl (C=O) groups excluding carboxylic acids is 3. The molecule has 6 saturated carbocycles. The molecule has 0 radical (unpaired) electrons. The first-order chi connectivity index (χ1) is 26.3. The van der Waals surface area contributed by atoms with Crippen LogP contribution >= 0.6 is 0 Å². The lowest BCUT2D eigenvalue weighted by molar-refractivity contribution is 0.00878. The molecule has 6 bridgehead atoms. The van der Waals surface area contributed by atoms with Gasteiger partial charge in [0.1, 0.15) is 37.6 Å². The van der Waals surface area contributed by atoms with Crippen LogP contribution in [0.4, 0.5) is 14.4 Å². The summed E-state index contributed by atoms with van der Waals surface area (Å²) in [7, 11) is 0. The van der Waals surface area contributed by atoms with Crippen LogP contribution in [0.1, 0.15) is 189 Å². The molecule has 0 aromatic rings. The normalized spacial score (nSPS) is 33.6. The molecular weight excluding hydrogens is 684 g/mol. The van der Waals surface area contributed by atoms with E-state index in [9.17, 15) is 14.4 Å². The SMILES string of the molecule is CC.CC.CC.CC.CC.CC.CCC.CCC.CCC.O=C1OC2C3CC(C2O1)C1C2CCC(C2)C31.O=C1OC2C3CCC(C3)C2O1.O=C1OCCO1. The van der Waals surface area contributed by atoms with Crippen molar-refractivity contribution in [3.05, 3.63) is 0 Å². The molecule has 0 amide bonds. The zero-order valence-electron chi connectivity index (χ0n) is 38.6. The zero-order chi connectivity index (χ0) is 42.4. The van der Waals surface area contributed by atoms with Gasteiger partial charge in [-0.05, 0) is 68.6 Å². The van der Waals surface area contributed by atoms with Gasteiger partial charge in [0.05, 0.1) is 0 Å². The van der Waals surface area contributed by atoms with Crippen LogP contribution in [0.3, 0.4) is 0 Å². The van der Waals surface area contributed by atoms with Gasteiger partial charge in [-0.1, -0.05) is 144 Å². The second-order valence-corrected chi connectivity index (χ2v) is 13.3. The Labute approximate surface area is 334 Å². The van der Waals surface area contributed by atoms with E-state index in [0.717, 1.165) is 23.7 Å². The third kappa shape index (κ3) is 15.7. The maximum atomic E-state index is 11.2. The summed E-state index contributed by atoms with van der Waals surface area (Å²) in [4.78, 5) is 31.8. The second kappa shape index (κ2) is 34.1. The first-order valence-corrected chi connectivity index (χ1v) is 22.8. The van der Waals surface area contributed by atoms with Gasteiger partial charge >= 0.3 is 18.5 Å². The van der Waals surface area contributed by atoms with E-state index >= 15 is 0 Å². The number of carbonyl (C=O) groups is 3. The van der Waals surface area contributed by atoms with Gasteiger partial charge < -0.3 is 28.4 Å². The molecule has 9 nitrogen and oxygen atoms in total. The minimum absolute atomic E-state index is 0.112. The van der Waals surface area contributed by atoms with Crippen LogP contribution in [0.5, 0.6) is 0 Å². The van der Waals surface area contributed by atoms with Crippen molar-refractivity contribution in [2.45, 2.75) is 213 Å². The number of rotatable bonds is 0. The summed E-state index contributed by atoms with van der Waals surface area (Å²) >= 11 is 0. The maximum Gasteiger partial charge on any atom is 0.509 e. The Morgan fingerprint density at radius 1 is 0.389 bits per heavy atom. The molecule has 12 atom stereocenters. The van der Waals surface area contributed by atoms with Crippen molar-refractivity contribution in [3.8, 4) is 0 Å². The molecule has 9 fully saturated rings. The summed E-state index contributed by atoms with van der Waals surface area (Å²) < 4.78 is 29.4. The quantitative estimate of drug-likeness (QED) is 0.135. The lowest BCUT2D eigenvalue weighted by Gasteiger charge is -2.38. The summed E-state index contributed by atoms with van der Waals surface area (Å²) in [6, 6.07) is 0. The number of fused-ring (bicyclic) bond motifs is 17. The third-order valence-electron chi connectivity index (χ3n) is 9.97. The van der Waals surface area contributed by atoms with E-state index < -0.39 is 18.5 Å². The van der Waals surface area contributed by atoms with Crippen molar-refractivity contribution in [3.63, 3.8) is 0 Å². The average Bonchev–Trinajstić information content (AvgIpc) is 4.05. The Balaban J connectivity index is -0.000000605. The maximum absolute atomic E-state index is 11.2. The smallest absolute Gasteiger partial charge is 0.431 e. The van der Waals surface area contributed by atoms with E-state index in [-0.39, 0.29) is 24.4 Å². The highest BCUT2D eigenvalue weighted by Gasteiger charge is 2.69. The predicted octanol–water partition coefficient (Wildman–Crippen LogP) is 14.1. The van der Waals surface area contributed by atoms with Crippen LogP contribution < -0.4 is 0 Å². The van der Waals surface area contributed by atoms with Crippen molar-refractivity contribution < 1.29 is 42.8 Å². The Bertz CT molecular complexity index is 847. The number of hydrogen-bond acceptors (Lipinski definition) is 9. The molecule has 3 saturated heterocycles. The van der Waals surface area contributed by atoms with E-state index in [2.05, 4.69) is 51.0 Å². The summed E-state index contributed by atoms with van der Waals surface area (Å²) in [6.07, 6.45) is 12.1. The van der Waals surface area contributed by atoms with E-state index in [4.69, 9.17) is 18.9 Å². The third-order valence-corrected chi connectivity index (χ3v) is 9.97. The number of cyclic esters (lactones) is 2. The fraction of sp³-hybridized carbons (Fsp3) is 0.933. The van der Waals surface area contributed by atoms with Gasteiger partial charge in [-0.2, -0.15) is 0 Å². The Morgan fingerprint density at radius 3 is 0.926 bits per heavy atom. The van der Waals surface area contributed by atoms with Crippen LogP contribution in [-0.4, -0.2) is 56.1 Å². The largest absolute Gasteiger partial charge is 0.509 e. The van der Waals surface area contributed by atoms with E-state index in [1.165, 1.54) is 64.2 Å². The van der Waals surface area contributed by atoms with Gasteiger partial charge in [0, 0.05) is 23.7 Å². The van der Waals surface area contributed by atoms with Crippen molar-refractivity contribution in [1.29, 1.82) is 0 Å². The van der Waals surface area contributed by atoms with Crippen LogP contribution in [0.15, 0.2) is 0 Å². The monoisotopic (exact) mass is 775 g/mol. The highest BCUT2D eigenvalue weighted by molar-refractivity contribution is 5.63. The van der Waals surface area contributed by atoms with Crippen molar-refractivity contribution in [1.82, 2.24) is 0 Å². The molecule has 9 rings (SSSR count). The molecule has 6 aliphatic carbocycles. The van der Waals surface area contributed by atoms with Gasteiger partial charge in [-0.15, -0.1) is 0 Å². The summed E-state index contributed by atoms with van der Waals surface area (Å²) in [5, 5.41) is 0. The second-order valence-electron chi connectivity index (χ2n) is 13.3. The Morgan fingerprint density at radius 2 is 0.648 bits per heavy atom. The molecule has 0 N–H and O–H groups in total. The summed E-state index contributed by atoms with van der Waals surface area (Å²) in [5.74, 6) is 6.14. The van der Waals surface area contributed by atoms with Gasteiger partial charge in [-0.25, -0.2) is 14.4 Å². The average molecular weight is 775 g/mol. The Hall–Kier alpha value is -2.19. The number of hydrogen-bond donors (Lipinski definition) is 0. The molecule has 0 aromatic heterocycles. The predicted molar refractivity (Wildman–Crippen MR) is 224 cm³/mol. The molecule has 9 heteroatoms. The lowest BCUT2D eigenvalue weighted by Crippen LogP contribution is -2.42. The lowest BCUT2D eigenvalue weighted by atomic mass is 9.69. The molecule has 3 aliphatic heterocycles. The number of ether oxygens (including phenoxy) is 6. The highest BCUT2D eigenvalue weighted by atomic mass is 16.8. The van der Waals surface area contributed by atoms with Crippen molar-refractivity contribution in [2.24, 2.45) is 47.3 Å². The van der Waals surface area contributed by atoms with Gasteiger partial charge in [0.15, 0.2) is 0 Å². The van der Waals surface area contributed by atoms with Crippen molar-refractivity contribution in [2.75, 3.05) is 13.2 Å². The summed E-state index contributed by atoms with van der Waals surface area (Å²) in [6.45, 7) is 37.6. The molecule has 9 aliphatic rings. The van der Waals surface area contributed by atoms with E-state index in [0.29, 0.717) is 36.9 Å². The molecule has 12 unspecified atom stereocenters. The van der Waals surface area contributed by atoms with E-state index in [1.54, 1.807) is 0 Å². The van der Waals surface area contributed by atoms with Gasteiger partial charge in [0.2, 0.25) is 0 Å². The van der Waals surface area contributed by atoms with E-state index in [1.807, 2.05) is 83.1 Å². The molecule has 3 heterocycles. The molecule has 0 aromatic carbocycles. The molecule has 324 valence electrons. The van der Waals surface area contributed by atoms with Gasteiger partial charge in [-0.3, -0.25) is 0 Å².